The molecule has 0 aliphatic carbocycles. The molecule has 0 rings (SSSR count). The van der Waals surface area contributed by atoms with E-state index in [0.717, 1.165) is 17.9 Å². The van der Waals surface area contributed by atoms with Gasteiger partial charge in [-0.15, -0.1) is 10.4 Å². The highest BCUT2D eigenvalue weighted by atomic mass is 32.2. The first-order chi connectivity index (χ1) is 7.52. The fourth-order valence-corrected chi connectivity index (χ4v) is 2.44. The van der Waals surface area contributed by atoms with Crippen molar-refractivity contribution in [1.29, 1.82) is 0 Å². The molecule has 0 saturated carbocycles. The van der Waals surface area contributed by atoms with E-state index in [4.69, 9.17) is 31.4 Å². The SMILES string of the molecule is [B]C([B])(C)C([B])([B])CCCSCC(C)(C)CC. The maximum absolute atomic E-state index is 5.91. The van der Waals surface area contributed by atoms with Crippen LogP contribution in [-0.2, 0) is 0 Å². The molecule has 0 N–H and O–H groups in total. The van der Waals surface area contributed by atoms with Crippen molar-refractivity contribution in [2.75, 3.05) is 11.5 Å². The lowest BCUT2D eigenvalue weighted by molar-refractivity contribution is 0.407. The zero-order valence-corrected chi connectivity index (χ0v) is 12.6. The third-order valence-electron chi connectivity index (χ3n) is 3.33. The van der Waals surface area contributed by atoms with E-state index in [1.165, 1.54) is 6.42 Å². The fourth-order valence-electron chi connectivity index (χ4n) is 1.19. The van der Waals surface area contributed by atoms with Crippen molar-refractivity contribution in [3.8, 4) is 0 Å². The van der Waals surface area contributed by atoms with Gasteiger partial charge in [0.1, 0.15) is 0 Å². The average Bonchev–Trinajstić information content (AvgIpc) is 2.15. The molecule has 5 heteroatoms. The van der Waals surface area contributed by atoms with E-state index in [-0.39, 0.29) is 0 Å². The Bertz CT molecular complexity index is 221. The van der Waals surface area contributed by atoms with Crippen LogP contribution in [-0.4, -0.2) is 42.9 Å². The van der Waals surface area contributed by atoms with E-state index in [1.54, 1.807) is 6.92 Å². The molecular formula is C12H22B4S. The minimum Gasteiger partial charge on any atom is -0.161 e. The van der Waals surface area contributed by atoms with E-state index in [2.05, 4.69) is 20.8 Å². The maximum atomic E-state index is 5.91. The van der Waals surface area contributed by atoms with Gasteiger partial charge in [0.05, 0.1) is 31.4 Å². The molecule has 0 spiro atoms. The Hall–Kier alpha value is 0.610. The Kier molecular flexibility index (Phi) is 6.92. The van der Waals surface area contributed by atoms with Crippen molar-refractivity contribution in [2.24, 2.45) is 5.41 Å². The summed E-state index contributed by atoms with van der Waals surface area (Å²) in [6.07, 6.45) is 2.79. The molecule has 88 valence electrons. The summed E-state index contributed by atoms with van der Waals surface area (Å²) in [7, 11) is 23.3. The van der Waals surface area contributed by atoms with Crippen LogP contribution < -0.4 is 0 Å². The van der Waals surface area contributed by atoms with Crippen molar-refractivity contribution in [3.05, 3.63) is 0 Å². The van der Waals surface area contributed by atoms with Crippen LogP contribution in [0.2, 0.25) is 10.4 Å². The summed E-state index contributed by atoms with van der Waals surface area (Å²) in [4.78, 5) is 0. The highest BCUT2D eigenvalue weighted by Crippen LogP contribution is 2.44. The molecule has 0 aromatic carbocycles. The van der Waals surface area contributed by atoms with Crippen LogP contribution in [0.1, 0.15) is 47.0 Å². The second-order valence-corrected chi connectivity index (χ2v) is 7.10. The Morgan fingerprint density at radius 3 is 1.94 bits per heavy atom. The van der Waals surface area contributed by atoms with Crippen LogP contribution in [0, 0.1) is 5.41 Å². The second kappa shape index (κ2) is 6.68. The summed E-state index contributed by atoms with van der Waals surface area (Å²) in [6, 6.07) is 0. The predicted octanol–water partition coefficient (Wildman–Crippen LogP) is 2.86. The van der Waals surface area contributed by atoms with E-state index in [9.17, 15) is 0 Å². The summed E-state index contributed by atoms with van der Waals surface area (Å²) in [5.41, 5.74) is 0.406. The average molecular weight is 242 g/mol. The zero-order valence-electron chi connectivity index (χ0n) is 11.8. The van der Waals surface area contributed by atoms with Gasteiger partial charge in [-0.3, -0.25) is 0 Å². The molecule has 0 bridgehead atoms. The Balaban J connectivity index is 3.80. The van der Waals surface area contributed by atoms with Crippen LogP contribution in [0.3, 0.4) is 0 Å². The third-order valence-corrected chi connectivity index (χ3v) is 4.89. The summed E-state index contributed by atoms with van der Waals surface area (Å²) in [6.45, 7) is 8.46. The predicted molar refractivity (Wildman–Crippen MR) is 84.7 cm³/mol. The Morgan fingerprint density at radius 2 is 1.53 bits per heavy atom. The smallest absolute Gasteiger partial charge is 0.0608 e. The third kappa shape index (κ3) is 6.94. The first-order valence-corrected chi connectivity index (χ1v) is 7.40. The topological polar surface area (TPSA) is 0 Å². The molecule has 17 heavy (non-hydrogen) atoms. The van der Waals surface area contributed by atoms with Gasteiger partial charge in [0.15, 0.2) is 0 Å². The van der Waals surface area contributed by atoms with Crippen LogP contribution in [0.25, 0.3) is 0 Å². The number of rotatable bonds is 8. The summed E-state index contributed by atoms with van der Waals surface area (Å²) >= 11 is 1.94. The molecule has 0 unspecified atom stereocenters. The minimum absolute atomic E-state index is 0.406. The van der Waals surface area contributed by atoms with Gasteiger partial charge in [-0.2, -0.15) is 11.8 Å². The normalized spacial score (nSPS) is 13.9. The zero-order chi connectivity index (χ0) is 13.7. The lowest BCUT2D eigenvalue weighted by Gasteiger charge is -2.41. The van der Waals surface area contributed by atoms with Crippen LogP contribution in [0.4, 0.5) is 0 Å². The van der Waals surface area contributed by atoms with Gasteiger partial charge >= 0.3 is 0 Å². The van der Waals surface area contributed by atoms with Gasteiger partial charge in [0.25, 0.3) is 0 Å². The van der Waals surface area contributed by atoms with E-state index >= 15 is 0 Å². The van der Waals surface area contributed by atoms with Crippen LogP contribution in [0.15, 0.2) is 0 Å². The molecule has 0 aromatic heterocycles. The molecule has 0 heterocycles. The monoisotopic (exact) mass is 242 g/mol. The Labute approximate surface area is 117 Å². The molecule has 0 aliphatic rings. The lowest BCUT2D eigenvalue weighted by atomic mass is 9.29. The van der Waals surface area contributed by atoms with Gasteiger partial charge < -0.3 is 0 Å². The first-order valence-electron chi connectivity index (χ1n) is 6.25. The summed E-state index contributed by atoms with van der Waals surface area (Å²) in [5, 5.41) is -2.02. The first kappa shape index (κ1) is 17.6. The molecule has 0 aliphatic heterocycles. The number of thioether (sulfide) groups is 1. The van der Waals surface area contributed by atoms with Crippen LogP contribution in [0.5, 0.6) is 0 Å². The lowest BCUT2D eigenvalue weighted by Crippen LogP contribution is -2.30. The Morgan fingerprint density at radius 1 is 1.00 bits per heavy atom. The second-order valence-electron chi connectivity index (χ2n) is 6.00. The molecule has 0 saturated heterocycles. The minimum atomic E-state index is -1.03. The number of hydrogen-bond acceptors (Lipinski definition) is 1. The summed E-state index contributed by atoms with van der Waals surface area (Å²) < 4.78 is 0. The maximum Gasteiger partial charge on any atom is 0.0608 e. The van der Waals surface area contributed by atoms with Gasteiger partial charge in [0, 0.05) is 0 Å². The van der Waals surface area contributed by atoms with E-state index in [1.807, 2.05) is 11.8 Å². The van der Waals surface area contributed by atoms with Gasteiger partial charge in [-0.25, -0.2) is 0 Å². The van der Waals surface area contributed by atoms with Crippen LogP contribution >= 0.6 is 11.8 Å². The molecule has 0 aromatic rings. The van der Waals surface area contributed by atoms with Crippen molar-refractivity contribution < 1.29 is 0 Å². The molecule has 0 atom stereocenters. The summed E-state index contributed by atoms with van der Waals surface area (Å²) in [5.74, 6) is 2.21. The van der Waals surface area contributed by atoms with Gasteiger partial charge in [0.2, 0.25) is 0 Å². The van der Waals surface area contributed by atoms with Gasteiger partial charge in [-0.05, 0) is 23.3 Å². The van der Waals surface area contributed by atoms with E-state index < -0.39 is 10.4 Å². The highest BCUT2D eigenvalue weighted by Gasteiger charge is 2.29. The molecule has 0 amide bonds. The quantitative estimate of drug-likeness (QED) is 0.465. The largest absolute Gasteiger partial charge is 0.161 e. The van der Waals surface area contributed by atoms with E-state index in [0.29, 0.717) is 11.8 Å². The molecule has 0 fully saturated rings. The van der Waals surface area contributed by atoms with Crippen molar-refractivity contribution >= 4 is 43.1 Å². The standard InChI is InChI=1S/C12H22B4S/c1-5-10(2,3)9-17-8-6-7-12(15,16)11(4,13)14/h5-9H2,1-4H3. The highest BCUT2D eigenvalue weighted by molar-refractivity contribution is 7.99. The van der Waals surface area contributed by atoms with Crippen molar-refractivity contribution in [1.82, 2.24) is 0 Å². The fraction of sp³-hybridized carbons (Fsp3) is 1.00. The number of hydrogen-bond donors (Lipinski definition) is 0. The molecule has 8 radical (unpaired) electrons. The molecular weight excluding hydrogens is 219 g/mol. The van der Waals surface area contributed by atoms with Gasteiger partial charge in [-0.1, -0.05) is 40.5 Å². The van der Waals surface area contributed by atoms with Crippen molar-refractivity contribution in [2.45, 2.75) is 57.4 Å². The molecule has 0 nitrogen and oxygen atoms in total. The van der Waals surface area contributed by atoms with Crippen molar-refractivity contribution in [3.63, 3.8) is 0 Å².